The second-order valence-corrected chi connectivity index (χ2v) is 5.32. The second-order valence-electron chi connectivity index (χ2n) is 5.32. The first-order chi connectivity index (χ1) is 9.04. The summed E-state index contributed by atoms with van der Waals surface area (Å²) in [5.74, 6) is 1.96. The van der Waals surface area contributed by atoms with Crippen molar-refractivity contribution in [3.63, 3.8) is 0 Å². The fourth-order valence-electron chi connectivity index (χ4n) is 2.98. The van der Waals surface area contributed by atoms with Crippen LogP contribution in [-0.4, -0.2) is 31.2 Å². The van der Waals surface area contributed by atoms with Gasteiger partial charge in [-0.15, -0.1) is 0 Å². The van der Waals surface area contributed by atoms with Gasteiger partial charge in [0, 0.05) is 19.3 Å². The molecule has 0 aromatic carbocycles. The molecule has 2 aliphatic heterocycles. The van der Waals surface area contributed by atoms with Crippen LogP contribution in [0.2, 0.25) is 0 Å². The van der Waals surface area contributed by atoms with Crippen LogP contribution in [-0.2, 0) is 6.18 Å². The van der Waals surface area contributed by atoms with E-state index >= 15 is 0 Å². The predicted molar refractivity (Wildman–Crippen MR) is 65.9 cm³/mol. The number of alkyl halides is 3. The standard InChI is InChI=1S/C13H16F3N3/c14-13(15,16)11-1-2-12(18-7-11)19-4-3-9-5-17-6-10(9)8-19/h1-2,7,9-10,17H,3-6,8H2/t9-,10-/m1/s1. The van der Waals surface area contributed by atoms with Crippen LogP contribution in [0.3, 0.4) is 0 Å². The number of piperidine rings is 1. The zero-order valence-corrected chi connectivity index (χ0v) is 10.5. The van der Waals surface area contributed by atoms with Gasteiger partial charge in [0.25, 0.3) is 0 Å². The van der Waals surface area contributed by atoms with Crippen LogP contribution in [0.4, 0.5) is 19.0 Å². The molecule has 2 aliphatic rings. The molecule has 1 aromatic rings. The summed E-state index contributed by atoms with van der Waals surface area (Å²) in [4.78, 5) is 6.06. The van der Waals surface area contributed by atoms with E-state index in [-0.39, 0.29) is 0 Å². The van der Waals surface area contributed by atoms with Crippen LogP contribution in [0.25, 0.3) is 0 Å². The quantitative estimate of drug-likeness (QED) is 0.848. The van der Waals surface area contributed by atoms with Crippen molar-refractivity contribution in [2.75, 3.05) is 31.1 Å². The Morgan fingerprint density at radius 1 is 1.21 bits per heavy atom. The Bertz CT molecular complexity index is 443. The molecule has 2 fully saturated rings. The summed E-state index contributed by atoms with van der Waals surface area (Å²) in [5, 5.41) is 3.37. The van der Waals surface area contributed by atoms with Crippen molar-refractivity contribution in [2.45, 2.75) is 12.6 Å². The first-order valence-corrected chi connectivity index (χ1v) is 6.53. The number of nitrogens with zero attached hydrogens (tertiary/aromatic N) is 2. The summed E-state index contributed by atoms with van der Waals surface area (Å²) in [7, 11) is 0. The molecule has 0 unspecified atom stereocenters. The maximum absolute atomic E-state index is 12.5. The van der Waals surface area contributed by atoms with Crippen molar-refractivity contribution in [3.8, 4) is 0 Å². The zero-order valence-electron chi connectivity index (χ0n) is 10.5. The van der Waals surface area contributed by atoms with Crippen LogP contribution in [0, 0.1) is 11.8 Å². The maximum atomic E-state index is 12.5. The number of halogens is 3. The molecule has 104 valence electrons. The number of hydrogen-bond acceptors (Lipinski definition) is 3. The molecule has 0 bridgehead atoms. The number of nitrogens with one attached hydrogen (secondary N) is 1. The van der Waals surface area contributed by atoms with Crippen molar-refractivity contribution in [1.82, 2.24) is 10.3 Å². The Morgan fingerprint density at radius 3 is 2.68 bits per heavy atom. The molecule has 0 saturated carbocycles. The van der Waals surface area contributed by atoms with E-state index in [9.17, 15) is 13.2 Å². The molecule has 0 radical (unpaired) electrons. The van der Waals surface area contributed by atoms with E-state index in [0.29, 0.717) is 17.7 Å². The number of hydrogen-bond donors (Lipinski definition) is 1. The minimum Gasteiger partial charge on any atom is -0.356 e. The van der Waals surface area contributed by atoms with Crippen molar-refractivity contribution in [1.29, 1.82) is 0 Å². The molecule has 1 aromatic heterocycles. The monoisotopic (exact) mass is 271 g/mol. The fraction of sp³-hybridized carbons (Fsp3) is 0.615. The Balaban J connectivity index is 1.72. The lowest BCUT2D eigenvalue weighted by Crippen LogP contribution is -2.40. The average Bonchev–Trinajstić information content (AvgIpc) is 2.85. The van der Waals surface area contributed by atoms with Gasteiger partial charge >= 0.3 is 6.18 Å². The van der Waals surface area contributed by atoms with Crippen molar-refractivity contribution >= 4 is 5.82 Å². The SMILES string of the molecule is FC(F)(F)c1ccc(N2CC[C@@H]3CNC[C@@H]3C2)nc1. The summed E-state index contributed by atoms with van der Waals surface area (Å²) in [6.07, 6.45) is -2.30. The van der Waals surface area contributed by atoms with Crippen molar-refractivity contribution < 1.29 is 13.2 Å². The van der Waals surface area contributed by atoms with E-state index in [1.165, 1.54) is 6.07 Å². The van der Waals surface area contributed by atoms with Gasteiger partial charge in [-0.05, 0) is 43.5 Å². The van der Waals surface area contributed by atoms with E-state index in [1.807, 2.05) is 0 Å². The Kier molecular flexibility index (Phi) is 3.12. The summed E-state index contributed by atoms with van der Waals surface area (Å²) < 4.78 is 37.4. The number of rotatable bonds is 1. The third-order valence-electron chi connectivity index (χ3n) is 4.10. The van der Waals surface area contributed by atoms with Gasteiger partial charge in [0.1, 0.15) is 5.82 Å². The molecule has 1 N–H and O–H groups in total. The lowest BCUT2D eigenvalue weighted by Gasteiger charge is -2.35. The first kappa shape index (κ1) is 12.7. The molecule has 3 nitrogen and oxygen atoms in total. The van der Waals surface area contributed by atoms with Crippen LogP contribution in [0.1, 0.15) is 12.0 Å². The van der Waals surface area contributed by atoms with Gasteiger partial charge in [0.05, 0.1) is 5.56 Å². The van der Waals surface area contributed by atoms with Crippen LogP contribution < -0.4 is 10.2 Å². The molecule has 6 heteroatoms. The van der Waals surface area contributed by atoms with Crippen LogP contribution >= 0.6 is 0 Å². The summed E-state index contributed by atoms with van der Waals surface area (Å²) in [5.41, 5.74) is -0.686. The summed E-state index contributed by atoms with van der Waals surface area (Å²) in [6, 6.07) is 2.59. The van der Waals surface area contributed by atoms with E-state index in [1.54, 1.807) is 0 Å². The van der Waals surface area contributed by atoms with Gasteiger partial charge in [0.15, 0.2) is 0 Å². The van der Waals surface area contributed by atoms with E-state index in [2.05, 4.69) is 15.2 Å². The van der Waals surface area contributed by atoms with Gasteiger partial charge in [-0.2, -0.15) is 13.2 Å². The predicted octanol–water partition coefficient (Wildman–Crippen LogP) is 2.15. The maximum Gasteiger partial charge on any atom is 0.417 e. The number of fused-ring (bicyclic) bond motifs is 1. The van der Waals surface area contributed by atoms with E-state index in [0.717, 1.165) is 44.9 Å². The Hall–Kier alpha value is -1.30. The van der Waals surface area contributed by atoms with E-state index in [4.69, 9.17) is 0 Å². The zero-order chi connectivity index (χ0) is 13.5. The molecular formula is C13H16F3N3. The smallest absolute Gasteiger partial charge is 0.356 e. The molecule has 19 heavy (non-hydrogen) atoms. The van der Waals surface area contributed by atoms with Crippen molar-refractivity contribution in [3.05, 3.63) is 23.9 Å². The van der Waals surface area contributed by atoms with Crippen LogP contribution in [0.15, 0.2) is 18.3 Å². The van der Waals surface area contributed by atoms with Gasteiger partial charge in [-0.1, -0.05) is 0 Å². The van der Waals surface area contributed by atoms with Crippen molar-refractivity contribution in [2.24, 2.45) is 11.8 Å². The number of aromatic nitrogens is 1. The highest BCUT2D eigenvalue weighted by Gasteiger charge is 2.34. The molecule has 0 spiro atoms. The Morgan fingerprint density at radius 2 is 2.00 bits per heavy atom. The average molecular weight is 271 g/mol. The fourth-order valence-corrected chi connectivity index (χ4v) is 2.98. The molecule has 0 aliphatic carbocycles. The normalized spacial score (nSPS) is 27.4. The highest BCUT2D eigenvalue weighted by Crippen LogP contribution is 2.31. The lowest BCUT2D eigenvalue weighted by molar-refractivity contribution is -0.137. The molecule has 0 amide bonds. The molecule has 2 atom stereocenters. The summed E-state index contributed by atoms with van der Waals surface area (Å²) >= 11 is 0. The van der Waals surface area contributed by atoms with Gasteiger partial charge < -0.3 is 10.2 Å². The highest BCUT2D eigenvalue weighted by molar-refractivity contribution is 5.40. The van der Waals surface area contributed by atoms with Gasteiger partial charge in [0.2, 0.25) is 0 Å². The van der Waals surface area contributed by atoms with E-state index < -0.39 is 11.7 Å². The third-order valence-corrected chi connectivity index (χ3v) is 4.10. The summed E-state index contributed by atoms with van der Waals surface area (Å²) in [6.45, 7) is 3.83. The van der Waals surface area contributed by atoms with Gasteiger partial charge in [-0.25, -0.2) is 4.98 Å². The minimum atomic E-state index is -4.31. The highest BCUT2D eigenvalue weighted by atomic mass is 19.4. The van der Waals surface area contributed by atoms with Crippen LogP contribution in [0.5, 0.6) is 0 Å². The minimum absolute atomic E-state index is 0.595. The lowest BCUT2D eigenvalue weighted by atomic mass is 9.89. The number of pyridine rings is 1. The number of anilines is 1. The second kappa shape index (κ2) is 4.67. The molecule has 3 rings (SSSR count). The third kappa shape index (κ3) is 2.54. The molecule has 3 heterocycles. The first-order valence-electron chi connectivity index (χ1n) is 6.53. The Labute approximate surface area is 109 Å². The molecule has 2 saturated heterocycles. The topological polar surface area (TPSA) is 28.2 Å². The molecular weight excluding hydrogens is 255 g/mol. The largest absolute Gasteiger partial charge is 0.417 e. The van der Waals surface area contributed by atoms with Gasteiger partial charge in [-0.3, -0.25) is 0 Å².